The van der Waals surface area contributed by atoms with Gasteiger partial charge in [-0.15, -0.1) is 0 Å². The summed E-state index contributed by atoms with van der Waals surface area (Å²) in [5.74, 6) is 1.00. The normalized spacial score (nSPS) is 22.4. The van der Waals surface area contributed by atoms with E-state index in [0.29, 0.717) is 23.9 Å². The summed E-state index contributed by atoms with van der Waals surface area (Å²) in [4.78, 5) is 0. The van der Waals surface area contributed by atoms with Gasteiger partial charge in [-0.3, -0.25) is 0 Å². The smallest absolute Gasteiger partial charge is 0.0447 e. The molecule has 2 heteroatoms. The summed E-state index contributed by atoms with van der Waals surface area (Å²) >= 11 is 0. The van der Waals surface area contributed by atoms with Gasteiger partial charge in [0.15, 0.2) is 0 Å². The molecule has 25 heavy (non-hydrogen) atoms. The molecule has 0 saturated heterocycles. The molecule has 0 bridgehead atoms. The van der Waals surface area contributed by atoms with Gasteiger partial charge in [0.25, 0.3) is 0 Å². The number of nitrogens with one attached hydrogen (secondary N) is 2. The fourth-order valence-corrected chi connectivity index (χ4v) is 4.13. The van der Waals surface area contributed by atoms with E-state index in [1.54, 1.807) is 0 Å². The van der Waals surface area contributed by atoms with Crippen LogP contribution in [0.3, 0.4) is 0 Å². The molecule has 0 amide bonds. The quantitative estimate of drug-likeness (QED) is 0.578. The Morgan fingerprint density at radius 3 is 1.84 bits per heavy atom. The van der Waals surface area contributed by atoms with Gasteiger partial charge in [0, 0.05) is 29.0 Å². The molecule has 0 spiro atoms. The van der Waals surface area contributed by atoms with Crippen LogP contribution in [0.2, 0.25) is 0 Å². The monoisotopic (exact) mass is 338 g/mol. The molecule has 0 radical (unpaired) electrons. The van der Waals surface area contributed by atoms with E-state index in [0.717, 1.165) is 0 Å². The molecule has 2 atom stereocenters. The lowest BCUT2D eigenvalue weighted by Crippen LogP contribution is -2.21. The Morgan fingerprint density at radius 2 is 1.40 bits per heavy atom. The lowest BCUT2D eigenvalue weighted by Gasteiger charge is -2.29. The van der Waals surface area contributed by atoms with E-state index in [-0.39, 0.29) is 0 Å². The van der Waals surface area contributed by atoms with Gasteiger partial charge in [-0.25, -0.2) is 0 Å². The third-order valence-electron chi connectivity index (χ3n) is 5.48. The minimum Gasteiger partial charge on any atom is -0.378 e. The van der Waals surface area contributed by atoms with Crippen LogP contribution in [0, 0.1) is 6.92 Å². The van der Waals surface area contributed by atoms with Crippen molar-refractivity contribution in [2.45, 2.75) is 84.2 Å². The predicted octanol–water partition coefficient (Wildman–Crippen LogP) is 6.50. The molecule has 2 unspecified atom stereocenters. The molecule has 2 N–H and O–H groups in total. The predicted molar refractivity (Wildman–Crippen MR) is 111 cm³/mol. The fourth-order valence-electron chi connectivity index (χ4n) is 4.13. The highest BCUT2D eigenvalue weighted by atomic mass is 15.0. The van der Waals surface area contributed by atoms with Crippen molar-refractivity contribution in [3.63, 3.8) is 0 Å². The van der Waals surface area contributed by atoms with Crippen LogP contribution in [0.15, 0.2) is 30.4 Å². The van der Waals surface area contributed by atoms with Gasteiger partial charge in [-0.05, 0) is 55.6 Å². The third kappa shape index (κ3) is 3.94. The minimum atomic E-state index is 0.469. The van der Waals surface area contributed by atoms with Gasteiger partial charge in [-0.2, -0.15) is 0 Å². The van der Waals surface area contributed by atoms with Crippen molar-refractivity contribution in [2.24, 2.45) is 0 Å². The zero-order valence-electron chi connectivity index (χ0n) is 16.5. The van der Waals surface area contributed by atoms with Crippen molar-refractivity contribution in [1.29, 1.82) is 0 Å². The first-order chi connectivity index (χ1) is 12.0. The molecule has 3 rings (SSSR count). The van der Waals surface area contributed by atoms with Gasteiger partial charge in [-0.1, -0.05) is 58.1 Å². The van der Waals surface area contributed by atoms with Crippen LogP contribution in [0.1, 0.15) is 81.9 Å². The minimum absolute atomic E-state index is 0.469. The van der Waals surface area contributed by atoms with Gasteiger partial charge in [0.05, 0.1) is 0 Å². The maximum atomic E-state index is 3.89. The summed E-state index contributed by atoms with van der Waals surface area (Å²) in [5.41, 5.74) is 7.01. The SMILES string of the molecule is Cc1cc(C(C)C)c(NC2C=CCC2)c(C(C)C)c1NC1C=CCC1. The van der Waals surface area contributed by atoms with E-state index < -0.39 is 0 Å². The van der Waals surface area contributed by atoms with E-state index in [9.17, 15) is 0 Å². The Kier molecular flexibility index (Phi) is 5.56. The second kappa shape index (κ2) is 7.68. The lowest BCUT2D eigenvalue weighted by atomic mass is 9.88. The molecule has 0 saturated carbocycles. The fraction of sp³-hybridized carbons (Fsp3) is 0.565. The van der Waals surface area contributed by atoms with Crippen molar-refractivity contribution < 1.29 is 0 Å². The van der Waals surface area contributed by atoms with Crippen LogP contribution in [0.4, 0.5) is 11.4 Å². The second-order valence-corrected chi connectivity index (χ2v) is 8.27. The Morgan fingerprint density at radius 1 is 0.840 bits per heavy atom. The highest BCUT2D eigenvalue weighted by molar-refractivity contribution is 5.75. The van der Waals surface area contributed by atoms with E-state index in [1.165, 1.54) is 53.7 Å². The third-order valence-corrected chi connectivity index (χ3v) is 5.48. The zero-order valence-corrected chi connectivity index (χ0v) is 16.5. The standard InChI is InChI=1S/C23H34N2/c1-15(2)20-14-17(5)22(24-18-10-6-7-11-18)21(16(3)4)23(20)25-19-12-8-9-13-19/h6,8,10,12,14-16,18-19,24-25H,7,9,11,13H2,1-5H3. The van der Waals surface area contributed by atoms with Crippen molar-refractivity contribution in [3.05, 3.63) is 47.1 Å². The molecule has 2 nitrogen and oxygen atoms in total. The maximum absolute atomic E-state index is 3.89. The number of anilines is 2. The largest absolute Gasteiger partial charge is 0.378 e. The molecule has 0 heterocycles. The summed E-state index contributed by atoms with van der Waals surface area (Å²) in [5, 5.41) is 7.73. The van der Waals surface area contributed by atoms with Crippen molar-refractivity contribution in [3.8, 4) is 0 Å². The number of aryl methyl sites for hydroxylation is 1. The molecule has 1 aromatic carbocycles. The van der Waals surface area contributed by atoms with Crippen LogP contribution in [0.5, 0.6) is 0 Å². The Bertz CT molecular complexity index is 667. The van der Waals surface area contributed by atoms with Crippen LogP contribution in [0.25, 0.3) is 0 Å². The van der Waals surface area contributed by atoms with Crippen molar-refractivity contribution in [1.82, 2.24) is 0 Å². The number of allylic oxidation sites excluding steroid dienone is 2. The summed E-state index contributed by atoms with van der Waals surface area (Å²) in [6, 6.07) is 3.34. The number of hydrogen-bond acceptors (Lipinski definition) is 2. The average Bonchev–Trinajstić information content (AvgIpc) is 3.23. The van der Waals surface area contributed by atoms with E-state index >= 15 is 0 Å². The first kappa shape index (κ1) is 18.1. The molecule has 2 aliphatic carbocycles. The van der Waals surface area contributed by atoms with Crippen LogP contribution in [-0.2, 0) is 0 Å². The van der Waals surface area contributed by atoms with Gasteiger partial charge < -0.3 is 10.6 Å². The van der Waals surface area contributed by atoms with Gasteiger partial charge >= 0.3 is 0 Å². The number of hydrogen-bond donors (Lipinski definition) is 2. The van der Waals surface area contributed by atoms with Crippen LogP contribution < -0.4 is 10.6 Å². The van der Waals surface area contributed by atoms with E-state index in [1.807, 2.05) is 0 Å². The molecule has 136 valence electrons. The highest BCUT2D eigenvalue weighted by Crippen LogP contribution is 2.41. The molecule has 0 aliphatic heterocycles. The van der Waals surface area contributed by atoms with E-state index in [4.69, 9.17) is 0 Å². The van der Waals surface area contributed by atoms with Gasteiger partial charge in [0.1, 0.15) is 0 Å². The lowest BCUT2D eigenvalue weighted by molar-refractivity contribution is 0.785. The Labute approximate surface area is 153 Å². The molecular formula is C23H34N2. The summed E-state index contributed by atoms with van der Waals surface area (Å²) in [6.45, 7) is 11.5. The van der Waals surface area contributed by atoms with Crippen LogP contribution >= 0.6 is 0 Å². The summed E-state index contributed by atoms with van der Waals surface area (Å²) in [7, 11) is 0. The first-order valence-electron chi connectivity index (χ1n) is 10.0. The average molecular weight is 339 g/mol. The number of rotatable bonds is 6. The summed E-state index contributed by atoms with van der Waals surface area (Å²) < 4.78 is 0. The Hall–Kier alpha value is -1.70. The molecule has 0 fully saturated rings. The molecule has 2 aliphatic rings. The van der Waals surface area contributed by atoms with Gasteiger partial charge in [0.2, 0.25) is 0 Å². The molecular weight excluding hydrogens is 304 g/mol. The number of benzene rings is 1. The second-order valence-electron chi connectivity index (χ2n) is 8.27. The molecule has 0 aromatic heterocycles. The topological polar surface area (TPSA) is 24.1 Å². The van der Waals surface area contributed by atoms with Crippen LogP contribution in [-0.4, -0.2) is 12.1 Å². The zero-order chi connectivity index (χ0) is 18.0. The van der Waals surface area contributed by atoms with Crippen molar-refractivity contribution >= 4 is 11.4 Å². The molecule has 1 aromatic rings. The maximum Gasteiger partial charge on any atom is 0.0447 e. The summed E-state index contributed by atoms with van der Waals surface area (Å²) in [6.07, 6.45) is 14.1. The first-order valence-corrected chi connectivity index (χ1v) is 10.0. The van der Waals surface area contributed by atoms with E-state index in [2.05, 4.69) is 75.6 Å². The Balaban J connectivity index is 2.06. The van der Waals surface area contributed by atoms with Crippen molar-refractivity contribution in [2.75, 3.05) is 10.6 Å². The highest BCUT2D eigenvalue weighted by Gasteiger charge is 2.23.